The molecule has 2 bridgehead atoms. The van der Waals surface area contributed by atoms with Crippen LogP contribution in [0.3, 0.4) is 0 Å². The molecule has 4 rings (SSSR count). The van der Waals surface area contributed by atoms with Gasteiger partial charge in [0.1, 0.15) is 6.10 Å². The number of benzene rings is 2. The van der Waals surface area contributed by atoms with Gasteiger partial charge in [-0.1, -0.05) is 36.4 Å². The lowest BCUT2D eigenvalue weighted by Crippen LogP contribution is -3.01. The van der Waals surface area contributed by atoms with Gasteiger partial charge in [-0.3, -0.25) is 0 Å². The van der Waals surface area contributed by atoms with E-state index in [-0.39, 0.29) is 11.3 Å². The van der Waals surface area contributed by atoms with Crippen LogP contribution in [0.25, 0.3) is 10.8 Å². The normalized spacial score (nSPS) is 29.1. The molecule has 1 fully saturated rings. The molecule has 4 unspecified atom stereocenters. The molecule has 2 aromatic carbocycles. The lowest BCUT2D eigenvalue weighted by atomic mass is 10.1. The molecule has 0 spiro atoms. The van der Waals surface area contributed by atoms with Crippen LogP contribution in [0.5, 0.6) is 0 Å². The molecule has 0 amide bonds. The van der Waals surface area contributed by atoms with E-state index in [4.69, 9.17) is 4.84 Å². The summed E-state index contributed by atoms with van der Waals surface area (Å²) >= 11 is 0. The Morgan fingerprint density at radius 1 is 1.00 bits per heavy atom. The first-order chi connectivity index (χ1) is 9.79. The number of hydrogen-bond acceptors (Lipinski definition) is 2. The minimum absolute atomic E-state index is 0.0731. The first kappa shape index (κ1) is 12.1. The van der Waals surface area contributed by atoms with Crippen LogP contribution in [0.15, 0.2) is 54.6 Å². The minimum Gasteiger partial charge on any atom is -0.595 e. The molecular weight excluding hydrogens is 250 g/mol. The fourth-order valence-electron chi connectivity index (χ4n) is 3.39. The molecule has 1 N–H and O–H groups in total. The topological polar surface area (TPSA) is 36.7 Å². The fourth-order valence-corrected chi connectivity index (χ4v) is 3.39. The standard InChI is InChI=1S/C17H17NO2/c19-18(20-17-10-12-5-6-15(17)9-12)16-8-7-13-3-1-2-4-14(13)11-16/h1-8,11-12,15,17-18H,9-10H2. The maximum absolute atomic E-state index is 12.3. The van der Waals surface area contributed by atoms with Crippen LogP contribution in [-0.2, 0) is 4.84 Å². The average Bonchev–Trinajstić information content (AvgIpc) is 3.09. The second-order valence-electron chi connectivity index (χ2n) is 5.79. The van der Waals surface area contributed by atoms with Crippen LogP contribution in [0.2, 0.25) is 0 Å². The number of quaternary nitrogens is 1. The fraction of sp³-hybridized carbons (Fsp3) is 0.294. The van der Waals surface area contributed by atoms with E-state index in [0.717, 1.165) is 23.6 Å². The second-order valence-corrected chi connectivity index (χ2v) is 5.79. The highest BCUT2D eigenvalue weighted by molar-refractivity contribution is 5.84. The van der Waals surface area contributed by atoms with Gasteiger partial charge < -0.3 is 5.21 Å². The van der Waals surface area contributed by atoms with Crippen molar-refractivity contribution in [2.24, 2.45) is 11.8 Å². The minimum atomic E-state index is -0.193. The van der Waals surface area contributed by atoms with Gasteiger partial charge in [0, 0.05) is 18.1 Å². The molecular formula is C17H17NO2. The monoisotopic (exact) mass is 267 g/mol. The number of fused-ring (bicyclic) bond motifs is 3. The summed E-state index contributed by atoms with van der Waals surface area (Å²) in [5.74, 6) is 1.05. The lowest BCUT2D eigenvalue weighted by molar-refractivity contribution is -1.00. The Kier molecular flexibility index (Phi) is 2.84. The number of allylic oxidation sites excluding steroid dienone is 1. The van der Waals surface area contributed by atoms with Crippen LogP contribution in [0.4, 0.5) is 5.69 Å². The molecule has 2 aliphatic carbocycles. The summed E-state index contributed by atoms with van der Waals surface area (Å²) in [6.45, 7) is 0. The van der Waals surface area contributed by atoms with E-state index in [0.29, 0.717) is 17.5 Å². The van der Waals surface area contributed by atoms with Crippen LogP contribution in [0, 0.1) is 17.0 Å². The Bertz CT molecular complexity index is 667. The Morgan fingerprint density at radius 3 is 2.60 bits per heavy atom. The van der Waals surface area contributed by atoms with Gasteiger partial charge in [-0.2, -0.15) is 10.1 Å². The van der Waals surface area contributed by atoms with Crippen molar-refractivity contribution in [2.75, 3.05) is 0 Å². The van der Waals surface area contributed by atoms with Crippen molar-refractivity contribution in [3.05, 3.63) is 59.8 Å². The first-order valence-electron chi connectivity index (χ1n) is 7.18. The van der Waals surface area contributed by atoms with E-state index in [1.807, 2.05) is 42.5 Å². The van der Waals surface area contributed by atoms with Crippen LogP contribution in [-0.4, -0.2) is 6.10 Å². The summed E-state index contributed by atoms with van der Waals surface area (Å²) in [6.07, 6.45) is 6.66. The molecule has 3 nitrogen and oxygen atoms in total. The summed E-state index contributed by atoms with van der Waals surface area (Å²) in [4.78, 5) is 5.69. The second kappa shape index (κ2) is 4.70. The highest BCUT2D eigenvalue weighted by Gasteiger charge is 2.38. The van der Waals surface area contributed by atoms with Crippen LogP contribution in [0.1, 0.15) is 12.8 Å². The Balaban J connectivity index is 1.54. The molecule has 0 aliphatic heterocycles. The molecule has 0 heterocycles. The van der Waals surface area contributed by atoms with Crippen molar-refractivity contribution in [1.29, 1.82) is 0 Å². The van der Waals surface area contributed by atoms with E-state index in [1.54, 1.807) is 0 Å². The zero-order valence-electron chi connectivity index (χ0n) is 11.2. The largest absolute Gasteiger partial charge is 0.595 e. The number of nitrogens with one attached hydrogen (secondary N) is 1. The SMILES string of the molecule is [O-][NH+](OC1CC2C=CC1C2)c1ccc2ccccc2c1. The Morgan fingerprint density at radius 2 is 1.85 bits per heavy atom. The van der Waals surface area contributed by atoms with Crippen LogP contribution < -0.4 is 5.23 Å². The third-order valence-corrected chi connectivity index (χ3v) is 4.46. The first-order valence-corrected chi connectivity index (χ1v) is 7.18. The predicted molar refractivity (Wildman–Crippen MR) is 78.2 cm³/mol. The van der Waals surface area contributed by atoms with Crippen molar-refractivity contribution in [3.63, 3.8) is 0 Å². The quantitative estimate of drug-likeness (QED) is 0.685. The van der Waals surface area contributed by atoms with E-state index in [9.17, 15) is 5.21 Å². The van der Waals surface area contributed by atoms with Gasteiger partial charge >= 0.3 is 0 Å². The molecule has 3 heteroatoms. The lowest BCUT2D eigenvalue weighted by Gasteiger charge is -2.26. The van der Waals surface area contributed by atoms with Crippen molar-refractivity contribution in [2.45, 2.75) is 18.9 Å². The highest BCUT2D eigenvalue weighted by atomic mass is 16.9. The zero-order valence-corrected chi connectivity index (χ0v) is 11.2. The zero-order chi connectivity index (χ0) is 13.5. The molecule has 20 heavy (non-hydrogen) atoms. The molecule has 0 aromatic heterocycles. The molecule has 0 saturated heterocycles. The van der Waals surface area contributed by atoms with Crippen molar-refractivity contribution < 1.29 is 10.1 Å². The van der Waals surface area contributed by atoms with Gasteiger partial charge in [-0.15, -0.1) is 0 Å². The summed E-state index contributed by atoms with van der Waals surface area (Å²) in [5.41, 5.74) is 0.649. The summed E-state index contributed by atoms with van der Waals surface area (Å²) < 4.78 is 0. The third-order valence-electron chi connectivity index (χ3n) is 4.46. The van der Waals surface area contributed by atoms with Crippen molar-refractivity contribution in [3.8, 4) is 0 Å². The van der Waals surface area contributed by atoms with Crippen molar-refractivity contribution in [1.82, 2.24) is 0 Å². The Hall–Kier alpha value is -1.68. The van der Waals surface area contributed by atoms with Gasteiger partial charge in [0.05, 0.1) is 0 Å². The average molecular weight is 267 g/mol. The van der Waals surface area contributed by atoms with Gasteiger partial charge in [-0.05, 0) is 35.6 Å². The summed E-state index contributed by atoms with van der Waals surface area (Å²) in [7, 11) is 0. The summed E-state index contributed by atoms with van der Waals surface area (Å²) in [5, 5.41) is 14.3. The van der Waals surface area contributed by atoms with E-state index >= 15 is 0 Å². The number of hydrogen-bond donors (Lipinski definition) is 1. The van der Waals surface area contributed by atoms with Gasteiger partial charge in [0.25, 0.3) is 0 Å². The van der Waals surface area contributed by atoms with E-state index in [1.165, 1.54) is 0 Å². The predicted octanol–water partition coefficient (Wildman–Crippen LogP) is 2.75. The molecule has 2 aromatic rings. The van der Waals surface area contributed by atoms with E-state index < -0.39 is 0 Å². The highest BCUT2D eigenvalue weighted by Crippen LogP contribution is 2.40. The maximum atomic E-state index is 12.3. The Labute approximate surface area is 118 Å². The van der Waals surface area contributed by atoms with E-state index in [2.05, 4.69) is 12.2 Å². The molecule has 102 valence electrons. The third kappa shape index (κ3) is 2.04. The molecule has 4 atom stereocenters. The molecule has 1 saturated carbocycles. The number of rotatable bonds is 3. The summed E-state index contributed by atoms with van der Waals surface area (Å²) in [6, 6.07) is 13.8. The van der Waals surface area contributed by atoms with Gasteiger partial charge in [0.15, 0.2) is 5.69 Å². The van der Waals surface area contributed by atoms with Crippen molar-refractivity contribution >= 4 is 16.5 Å². The smallest absolute Gasteiger partial charge is 0.164 e. The molecule has 0 radical (unpaired) electrons. The van der Waals surface area contributed by atoms with Gasteiger partial charge in [0.2, 0.25) is 0 Å². The molecule has 2 aliphatic rings. The maximum Gasteiger partial charge on any atom is 0.164 e. The van der Waals surface area contributed by atoms with Gasteiger partial charge in [-0.25, -0.2) is 0 Å². The van der Waals surface area contributed by atoms with Crippen LogP contribution >= 0.6 is 0 Å².